The van der Waals surface area contributed by atoms with Gasteiger partial charge in [-0.3, -0.25) is 4.79 Å². The summed E-state index contributed by atoms with van der Waals surface area (Å²) in [5.41, 5.74) is 0. The fourth-order valence-corrected chi connectivity index (χ4v) is 2.41. The molecule has 0 radical (unpaired) electrons. The predicted molar refractivity (Wildman–Crippen MR) is 70.7 cm³/mol. The number of rotatable bonds is 8. The summed E-state index contributed by atoms with van der Waals surface area (Å²) in [4.78, 5) is 14.4. The second kappa shape index (κ2) is 6.91. The Morgan fingerprint density at radius 3 is 2.68 bits per heavy atom. The smallest absolute Gasteiger partial charge is 0.303 e. The highest BCUT2D eigenvalue weighted by atomic mass is 35.7. The Hall–Kier alpha value is -1.08. The van der Waals surface area contributed by atoms with Crippen LogP contribution < -0.4 is 0 Å². The Labute approximate surface area is 116 Å². The number of hydrogen-bond donors (Lipinski definition) is 1. The highest BCUT2D eigenvalue weighted by molar-refractivity contribution is 8.13. The number of carboxylic acid groups (broad SMARTS) is 1. The van der Waals surface area contributed by atoms with Gasteiger partial charge in [0, 0.05) is 36.3 Å². The summed E-state index contributed by atoms with van der Waals surface area (Å²) in [6.07, 6.45) is 4.22. The minimum atomic E-state index is -3.82. The van der Waals surface area contributed by atoms with Crippen LogP contribution in [0, 0.1) is 0 Å². The molecular weight excluding hydrogens is 292 g/mol. The third kappa shape index (κ3) is 5.20. The van der Waals surface area contributed by atoms with Crippen LogP contribution in [0.25, 0.3) is 0 Å². The van der Waals surface area contributed by atoms with Gasteiger partial charge in [0.25, 0.3) is 9.05 Å². The predicted octanol–water partition coefficient (Wildman–Crippen LogP) is 2.02. The zero-order chi connectivity index (χ0) is 14.5. The third-order valence-corrected chi connectivity index (χ3v) is 3.77. The summed E-state index contributed by atoms with van der Waals surface area (Å²) in [7, 11) is 1.44. The van der Waals surface area contributed by atoms with Crippen LogP contribution in [-0.4, -0.2) is 29.0 Å². The third-order valence-electron chi connectivity index (χ3n) is 2.60. The van der Waals surface area contributed by atoms with E-state index in [-0.39, 0.29) is 11.4 Å². The van der Waals surface area contributed by atoms with Crippen molar-refractivity contribution in [1.82, 2.24) is 9.55 Å². The number of carboxylic acids is 1. The summed E-state index contributed by atoms with van der Waals surface area (Å²) in [5, 5.41) is 8.40. The molecule has 0 amide bonds. The number of unbranched alkanes of at least 4 members (excludes halogenated alkanes) is 1. The molecule has 0 bridgehead atoms. The zero-order valence-corrected chi connectivity index (χ0v) is 12.2. The van der Waals surface area contributed by atoms with E-state index in [1.165, 1.54) is 6.20 Å². The Kier molecular flexibility index (Phi) is 5.81. The molecule has 1 aromatic heterocycles. The summed E-state index contributed by atoms with van der Waals surface area (Å²) >= 11 is 0. The number of nitrogens with zero attached hydrogens (tertiary/aromatic N) is 2. The van der Waals surface area contributed by atoms with Crippen LogP contribution in [0.3, 0.4) is 0 Å². The molecule has 6 nitrogen and oxygen atoms in total. The number of imidazole rings is 1. The first-order valence-corrected chi connectivity index (χ1v) is 8.38. The van der Waals surface area contributed by atoms with Crippen LogP contribution in [0.4, 0.5) is 0 Å². The topological polar surface area (TPSA) is 89.3 Å². The lowest BCUT2D eigenvalue weighted by Crippen LogP contribution is -2.04. The molecule has 1 heterocycles. The largest absolute Gasteiger partial charge is 0.481 e. The number of halogens is 1. The molecule has 0 aliphatic heterocycles. The van der Waals surface area contributed by atoms with Crippen molar-refractivity contribution in [3.63, 3.8) is 0 Å². The molecule has 1 N–H and O–H groups in total. The van der Waals surface area contributed by atoms with Gasteiger partial charge in [-0.2, -0.15) is 0 Å². The van der Waals surface area contributed by atoms with Crippen molar-refractivity contribution in [3.05, 3.63) is 12.0 Å². The fraction of sp³-hybridized carbons (Fsp3) is 0.636. The molecule has 0 unspecified atom stereocenters. The van der Waals surface area contributed by atoms with Gasteiger partial charge < -0.3 is 9.67 Å². The van der Waals surface area contributed by atoms with Crippen LogP contribution >= 0.6 is 10.7 Å². The second-order valence-corrected chi connectivity index (χ2v) is 6.74. The molecule has 108 valence electrons. The fourth-order valence-electron chi connectivity index (χ4n) is 1.72. The molecule has 1 aromatic rings. The molecule has 19 heavy (non-hydrogen) atoms. The lowest BCUT2D eigenvalue weighted by Gasteiger charge is -2.05. The molecule has 1 rings (SSSR count). The van der Waals surface area contributed by atoms with Crippen molar-refractivity contribution in [2.45, 2.75) is 50.6 Å². The van der Waals surface area contributed by atoms with Crippen LogP contribution in [-0.2, 0) is 26.8 Å². The average molecular weight is 309 g/mol. The molecule has 8 heteroatoms. The van der Waals surface area contributed by atoms with Crippen LogP contribution in [0.1, 0.15) is 38.4 Å². The van der Waals surface area contributed by atoms with E-state index in [0.29, 0.717) is 31.6 Å². The molecule has 0 saturated carbocycles. The standard InChI is InChI=1S/C11H17ClN2O4S/c1-2-5-9-13-10(19(12,17)18)8-14(9)7-4-3-6-11(15)16/h8H,2-7H2,1H3,(H,15,16). The SMILES string of the molecule is CCCc1nc(S(=O)(=O)Cl)cn1CCCCC(=O)O. The van der Waals surface area contributed by atoms with E-state index in [9.17, 15) is 13.2 Å². The van der Waals surface area contributed by atoms with Gasteiger partial charge in [0.15, 0.2) is 5.03 Å². The van der Waals surface area contributed by atoms with E-state index >= 15 is 0 Å². The number of aryl methyl sites for hydroxylation is 2. The van der Waals surface area contributed by atoms with Crippen molar-refractivity contribution in [1.29, 1.82) is 0 Å². The maximum absolute atomic E-state index is 11.2. The molecule has 0 aliphatic carbocycles. The lowest BCUT2D eigenvalue weighted by molar-refractivity contribution is -0.137. The van der Waals surface area contributed by atoms with Gasteiger partial charge in [0.1, 0.15) is 5.82 Å². The number of hydrogen-bond acceptors (Lipinski definition) is 4. The van der Waals surface area contributed by atoms with Gasteiger partial charge in [-0.05, 0) is 19.3 Å². The van der Waals surface area contributed by atoms with E-state index in [2.05, 4.69) is 4.98 Å². The Balaban J connectivity index is 2.75. The maximum atomic E-state index is 11.2. The first-order valence-electron chi connectivity index (χ1n) is 6.07. The van der Waals surface area contributed by atoms with Crippen molar-refractivity contribution in [3.8, 4) is 0 Å². The normalized spacial score (nSPS) is 11.7. The highest BCUT2D eigenvalue weighted by Gasteiger charge is 2.17. The molecule has 0 aliphatic rings. The molecular formula is C11H17ClN2O4S. The Morgan fingerprint density at radius 1 is 1.47 bits per heavy atom. The first-order chi connectivity index (χ1) is 8.84. The van der Waals surface area contributed by atoms with Gasteiger partial charge >= 0.3 is 5.97 Å². The average Bonchev–Trinajstić information content (AvgIpc) is 2.68. The van der Waals surface area contributed by atoms with E-state index in [1.807, 2.05) is 6.92 Å². The lowest BCUT2D eigenvalue weighted by atomic mass is 10.2. The molecule has 0 aromatic carbocycles. The summed E-state index contributed by atoms with van der Waals surface area (Å²) < 4.78 is 24.2. The summed E-state index contributed by atoms with van der Waals surface area (Å²) in [6, 6.07) is 0. The number of carbonyl (C=O) groups is 1. The van der Waals surface area contributed by atoms with E-state index in [1.54, 1.807) is 4.57 Å². The second-order valence-electron chi connectivity index (χ2n) is 4.23. The number of aliphatic carboxylic acids is 1. The van der Waals surface area contributed by atoms with E-state index < -0.39 is 15.0 Å². The monoisotopic (exact) mass is 308 g/mol. The number of aromatic nitrogens is 2. The van der Waals surface area contributed by atoms with Crippen molar-refractivity contribution in [2.24, 2.45) is 0 Å². The summed E-state index contributed by atoms with van der Waals surface area (Å²) in [6.45, 7) is 2.51. The van der Waals surface area contributed by atoms with Crippen molar-refractivity contribution in [2.75, 3.05) is 0 Å². The van der Waals surface area contributed by atoms with E-state index in [0.717, 1.165) is 6.42 Å². The van der Waals surface area contributed by atoms with Crippen molar-refractivity contribution >= 4 is 25.7 Å². The van der Waals surface area contributed by atoms with Crippen LogP contribution in [0.15, 0.2) is 11.2 Å². The maximum Gasteiger partial charge on any atom is 0.303 e. The molecule has 0 saturated heterocycles. The van der Waals surface area contributed by atoms with E-state index in [4.69, 9.17) is 15.8 Å². The van der Waals surface area contributed by atoms with Gasteiger partial charge in [0.2, 0.25) is 0 Å². The Morgan fingerprint density at radius 2 is 2.16 bits per heavy atom. The van der Waals surface area contributed by atoms with Crippen molar-refractivity contribution < 1.29 is 18.3 Å². The molecule has 0 fully saturated rings. The minimum Gasteiger partial charge on any atom is -0.481 e. The van der Waals surface area contributed by atoms with Crippen LogP contribution in [0.2, 0.25) is 0 Å². The Bertz CT molecular complexity index is 539. The van der Waals surface area contributed by atoms with Gasteiger partial charge in [-0.1, -0.05) is 6.92 Å². The first kappa shape index (κ1) is 16.0. The minimum absolute atomic E-state index is 0.110. The summed E-state index contributed by atoms with van der Waals surface area (Å²) in [5.74, 6) is -0.166. The van der Waals surface area contributed by atoms with Gasteiger partial charge in [-0.15, -0.1) is 0 Å². The highest BCUT2D eigenvalue weighted by Crippen LogP contribution is 2.16. The van der Waals surface area contributed by atoms with Gasteiger partial charge in [-0.25, -0.2) is 13.4 Å². The molecule has 0 spiro atoms. The quantitative estimate of drug-likeness (QED) is 0.586. The molecule has 0 atom stereocenters. The zero-order valence-electron chi connectivity index (χ0n) is 10.7. The van der Waals surface area contributed by atoms with Gasteiger partial charge in [0.05, 0.1) is 0 Å². The van der Waals surface area contributed by atoms with Crippen LogP contribution in [0.5, 0.6) is 0 Å².